The van der Waals surface area contributed by atoms with Crippen LogP contribution in [0.1, 0.15) is 27.1 Å². The lowest BCUT2D eigenvalue weighted by atomic mass is 9.95. The Kier molecular flexibility index (Phi) is 4.26. The zero-order valence-electron chi connectivity index (χ0n) is 10.5. The van der Waals surface area contributed by atoms with E-state index in [2.05, 4.69) is 15.9 Å². The van der Waals surface area contributed by atoms with E-state index in [9.17, 15) is 8.78 Å². The van der Waals surface area contributed by atoms with E-state index in [0.717, 1.165) is 16.7 Å². The predicted octanol–water partition coefficient (Wildman–Crippen LogP) is 5.72. The van der Waals surface area contributed by atoms with Gasteiger partial charge < -0.3 is 0 Å². The second-order valence-corrected chi connectivity index (χ2v) is 5.78. The molecule has 0 fully saturated rings. The Hall–Kier alpha value is -0.930. The highest BCUT2D eigenvalue weighted by Gasteiger charge is 2.20. The lowest BCUT2D eigenvalue weighted by molar-refractivity contribution is 0.612. The SMILES string of the molecule is Cc1cc(F)cc(C)c1C(Br)c1cccc(Cl)c1F. The van der Waals surface area contributed by atoms with Crippen LogP contribution in [0.5, 0.6) is 0 Å². The van der Waals surface area contributed by atoms with Gasteiger partial charge in [0.25, 0.3) is 0 Å². The van der Waals surface area contributed by atoms with Crippen LogP contribution in [-0.2, 0) is 0 Å². The quantitative estimate of drug-likeness (QED) is 0.611. The van der Waals surface area contributed by atoms with Gasteiger partial charge in [-0.2, -0.15) is 0 Å². The third-order valence-corrected chi connectivity index (χ3v) is 4.31. The van der Waals surface area contributed by atoms with Crippen LogP contribution in [0, 0.1) is 25.5 Å². The van der Waals surface area contributed by atoms with Crippen LogP contribution in [0.3, 0.4) is 0 Å². The summed E-state index contributed by atoms with van der Waals surface area (Å²) in [6.45, 7) is 3.62. The van der Waals surface area contributed by atoms with Crippen LogP contribution in [0.25, 0.3) is 0 Å². The zero-order chi connectivity index (χ0) is 14.2. The maximum Gasteiger partial charge on any atom is 0.146 e. The molecule has 0 aliphatic carbocycles. The van der Waals surface area contributed by atoms with E-state index in [0.29, 0.717) is 5.56 Å². The molecule has 0 amide bonds. The lowest BCUT2D eigenvalue weighted by Gasteiger charge is -2.17. The maximum absolute atomic E-state index is 14.0. The second-order valence-electron chi connectivity index (χ2n) is 4.46. The summed E-state index contributed by atoms with van der Waals surface area (Å²) in [4.78, 5) is -0.355. The highest BCUT2D eigenvalue weighted by molar-refractivity contribution is 9.09. The molecule has 4 heteroatoms. The molecule has 0 aromatic heterocycles. The fourth-order valence-corrected chi connectivity index (χ4v) is 3.45. The summed E-state index contributed by atoms with van der Waals surface area (Å²) in [7, 11) is 0. The molecule has 2 rings (SSSR count). The van der Waals surface area contributed by atoms with Crippen LogP contribution in [0.15, 0.2) is 30.3 Å². The van der Waals surface area contributed by atoms with Crippen molar-refractivity contribution in [1.82, 2.24) is 0 Å². The normalized spacial score (nSPS) is 12.5. The minimum Gasteiger partial charge on any atom is -0.207 e. The molecular weight excluding hydrogens is 334 g/mol. The first kappa shape index (κ1) is 14.5. The van der Waals surface area contributed by atoms with E-state index in [1.54, 1.807) is 12.1 Å². The number of hydrogen-bond acceptors (Lipinski definition) is 0. The molecule has 1 atom stereocenters. The lowest BCUT2D eigenvalue weighted by Crippen LogP contribution is -2.02. The summed E-state index contributed by atoms with van der Waals surface area (Å²) in [5, 5.41) is 0.0827. The summed E-state index contributed by atoms with van der Waals surface area (Å²) in [6, 6.07) is 7.76. The molecular formula is C15H12BrClF2. The zero-order valence-corrected chi connectivity index (χ0v) is 12.8. The molecule has 100 valence electrons. The van der Waals surface area contributed by atoms with Crippen LogP contribution in [0.2, 0.25) is 5.02 Å². The molecule has 0 saturated carbocycles. The molecule has 0 heterocycles. The summed E-state index contributed by atoms with van der Waals surface area (Å²) in [5.74, 6) is -0.737. The first-order chi connectivity index (χ1) is 8.91. The van der Waals surface area contributed by atoms with Gasteiger partial charge in [-0.05, 0) is 48.7 Å². The van der Waals surface area contributed by atoms with Crippen molar-refractivity contribution in [2.24, 2.45) is 0 Å². The smallest absolute Gasteiger partial charge is 0.146 e. The molecule has 0 spiro atoms. The number of aryl methyl sites for hydroxylation is 2. The van der Waals surface area contributed by atoms with Crippen molar-refractivity contribution < 1.29 is 8.78 Å². The molecule has 0 radical (unpaired) electrons. The number of alkyl halides is 1. The van der Waals surface area contributed by atoms with Crippen LogP contribution in [-0.4, -0.2) is 0 Å². The molecule has 0 aliphatic rings. The number of halogens is 4. The van der Waals surface area contributed by atoms with Crippen molar-refractivity contribution in [3.63, 3.8) is 0 Å². The Morgan fingerprint density at radius 1 is 1.11 bits per heavy atom. The monoisotopic (exact) mass is 344 g/mol. The predicted molar refractivity (Wildman–Crippen MR) is 78.1 cm³/mol. The second kappa shape index (κ2) is 5.59. The summed E-state index contributed by atoms with van der Waals surface area (Å²) in [6.07, 6.45) is 0. The van der Waals surface area contributed by atoms with Crippen molar-refractivity contribution >= 4 is 27.5 Å². The molecule has 0 nitrogen and oxygen atoms in total. The van der Waals surface area contributed by atoms with Gasteiger partial charge >= 0.3 is 0 Å². The van der Waals surface area contributed by atoms with Gasteiger partial charge in [0.2, 0.25) is 0 Å². The minimum atomic E-state index is -0.450. The third-order valence-electron chi connectivity index (χ3n) is 3.07. The molecule has 0 saturated heterocycles. The van der Waals surface area contributed by atoms with E-state index < -0.39 is 5.82 Å². The molecule has 0 aliphatic heterocycles. The Morgan fingerprint density at radius 2 is 1.68 bits per heavy atom. The van der Waals surface area contributed by atoms with Gasteiger partial charge in [-0.1, -0.05) is 39.7 Å². The molecule has 1 unspecified atom stereocenters. The largest absolute Gasteiger partial charge is 0.207 e. The van der Waals surface area contributed by atoms with Crippen molar-refractivity contribution in [3.8, 4) is 0 Å². The highest BCUT2D eigenvalue weighted by atomic mass is 79.9. The van der Waals surface area contributed by atoms with E-state index >= 15 is 0 Å². The van der Waals surface area contributed by atoms with Gasteiger partial charge in [0, 0.05) is 5.56 Å². The minimum absolute atomic E-state index is 0.0827. The van der Waals surface area contributed by atoms with E-state index in [-0.39, 0.29) is 15.7 Å². The first-order valence-corrected chi connectivity index (χ1v) is 7.05. The topological polar surface area (TPSA) is 0 Å². The molecule has 0 bridgehead atoms. The average Bonchev–Trinajstić information content (AvgIpc) is 2.31. The molecule has 2 aromatic rings. The van der Waals surface area contributed by atoms with Gasteiger partial charge in [-0.15, -0.1) is 0 Å². The van der Waals surface area contributed by atoms with Crippen molar-refractivity contribution in [3.05, 3.63) is 69.2 Å². The molecule has 19 heavy (non-hydrogen) atoms. The Morgan fingerprint density at radius 3 is 2.26 bits per heavy atom. The van der Waals surface area contributed by atoms with E-state index in [1.165, 1.54) is 18.2 Å². The van der Waals surface area contributed by atoms with Gasteiger partial charge in [0.1, 0.15) is 11.6 Å². The number of hydrogen-bond donors (Lipinski definition) is 0. The van der Waals surface area contributed by atoms with E-state index in [4.69, 9.17) is 11.6 Å². The average molecular weight is 346 g/mol. The Bertz CT molecular complexity index is 603. The maximum atomic E-state index is 14.0. The number of rotatable bonds is 2. The Labute approximate surface area is 124 Å². The fourth-order valence-electron chi connectivity index (χ4n) is 2.19. The van der Waals surface area contributed by atoms with Gasteiger partial charge in [0.15, 0.2) is 0 Å². The van der Waals surface area contributed by atoms with Gasteiger partial charge in [0.05, 0.1) is 9.85 Å². The molecule has 2 aromatic carbocycles. The van der Waals surface area contributed by atoms with Crippen LogP contribution in [0.4, 0.5) is 8.78 Å². The van der Waals surface area contributed by atoms with Crippen LogP contribution >= 0.6 is 27.5 Å². The summed E-state index contributed by atoms with van der Waals surface area (Å²) < 4.78 is 27.4. The van der Waals surface area contributed by atoms with E-state index in [1.807, 2.05) is 13.8 Å². The molecule has 0 N–H and O–H groups in total. The highest BCUT2D eigenvalue weighted by Crippen LogP contribution is 2.37. The fraction of sp³-hybridized carbons (Fsp3) is 0.200. The number of benzene rings is 2. The summed E-state index contributed by atoms with van der Waals surface area (Å²) >= 11 is 9.28. The standard InChI is InChI=1S/C15H12BrClF2/c1-8-6-10(18)7-9(2)13(8)14(16)11-4-3-5-12(17)15(11)19/h3-7,14H,1-2H3. The van der Waals surface area contributed by atoms with Crippen molar-refractivity contribution in [1.29, 1.82) is 0 Å². The first-order valence-electron chi connectivity index (χ1n) is 5.76. The third kappa shape index (κ3) is 2.82. The Balaban J connectivity index is 2.56. The van der Waals surface area contributed by atoms with Crippen molar-refractivity contribution in [2.75, 3.05) is 0 Å². The van der Waals surface area contributed by atoms with Gasteiger partial charge in [-0.25, -0.2) is 8.78 Å². The summed E-state index contributed by atoms with van der Waals surface area (Å²) in [5.41, 5.74) is 2.87. The van der Waals surface area contributed by atoms with Crippen molar-refractivity contribution in [2.45, 2.75) is 18.7 Å². The van der Waals surface area contributed by atoms with Gasteiger partial charge in [-0.3, -0.25) is 0 Å². The van der Waals surface area contributed by atoms with Crippen LogP contribution < -0.4 is 0 Å².